The molecule has 4 nitrogen and oxygen atoms in total. The van der Waals surface area contributed by atoms with Crippen LogP contribution in [0.15, 0.2) is 24.4 Å². The van der Waals surface area contributed by atoms with E-state index in [1.807, 2.05) is 0 Å². The lowest BCUT2D eigenvalue weighted by atomic mass is 10.1. The number of fused-ring (bicyclic) bond motifs is 1. The van der Waals surface area contributed by atoms with E-state index in [1.165, 1.54) is 22.0 Å². The summed E-state index contributed by atoms with van der Waals surface area (Å²) in [4.78, 5) is 15.2. The molecular weight excluding hydrogens is 250 g/mol. The molecule has 0 saturated carbocycles. The number of carbonyl (C=O) groups excluding carboxylic acids is 1. The zero-order valence-electron chi connectivity index (χ0n) is 11.8. The Kier molecular flexibility index (Phi) is 3.74. The molecular formula is C16H21N3O. The number of hydrogen-bond acceptors (Lipinski definition) is 2. The average molecular weight is 271 g/mol. The Bertz CT molecular complexity index is 611. The van der Waals surface area contributed by atoms with Gasteiger partial charge in [-0.15, -0.1) is 0 Å². The molecule has 2 aromatic rings. The van der Waals surface area contributed by atoms with Gasteiger partial charge in [-0.2, -0.15) is 0 Å². The van der Waals surface area contributed by atoms with Crippen molar-refractivity contribution in [3.8, 4) is 0 Å². The van der Waals surface area contributed by atoms with Crippen LogP contribution in [-0.2, 0) is 11.2 Å². The standard InChI is InChI=1S/C16H21N3O/c1-11-4-2-5-13-12(10-19-15(11)13)7-9-18-16(20)14-6-3-8-17-14/h2,4-5,10,14,17,19H,3,6-9H2,1H3,(H,18,20). The van der Waals surface area contributed by atoms with Crippen molar-refractivity contribution in [3.63, 3.8) is 0 Å². The van der Waals surface area contributed by atoms with Gasteiger partial charge >= 0.3 is 0 Å². The van der Waals surface area contributed by atoms with E-state index in [1.54, 1.807) is 0 Å². The lowest BCUT2D eigenvalue weighted by Gasteiger charge is -2.10. The van der Waals surface area contributed by atoms with Crippen molar-refractivity contribution in [1.29, 1.82) is 0 Å². The number of aryl methyl sites for hydroxylation is 1. The third-order valence-electron chi connectivity index (χ3n) is 4.08. The molecule has 1 aromatic heterocycles. The van der Waals surface area contributed by atoms with E-state index in [4.69, 9.17) is 0 Å². The molecule has 20 heavy (non-hydrogen) atoms. The van der Waals surface area contributed by atoms with Crippen molar-refractivity contribution in [1.82, 2.24) is 15.6 Å². The summed E-state index contributed by atoms with van der Waals surface area (Å²) in [5.74, 6) is 0.138. The number of aromatic nitrogens is 1. The molecule has 106 valence electrons. The molecule has 1 aliphatic rings. The second-order valence-corrected chi connectivity index (χ2v) is 5.50. The lowest BCUT2D eigenvalue weighted by Crippen LogP contribution is -2.41. The molecule has 0 aliphatic carbocycles. The van der Waals surface area contributed by atoms with Gasteiger partial charge in [-0.25, -0.2) is 0 Å². The Balaban J connectivity index is 1.60. The van der Waals surface area contributed by atoms with E-state index in [-0.39, 0.29) is 11.9 Å². The van der Waals surface area contributed by atoms with Crippen molar-refractivity contribution in [3.05, 3.63) is 35.5 Å². The highest BCUT2D eigenvalue weighted by atomic mass is 16.2. The SMILES string of the molecule is Cc1cccc2c(CCNC(=O)C3CCCN3)c[nH]c12. The first kappa shape index (κ1) is 13.2. The Labute approximate surface area is 118 Å². The fourth-order valence-electron chi connectivity index (χ4n) is 2.92. The summed E-state index contributed by atoms with van der Waals surface area (Å²) in [6, 6.07) is 6.33. The minimum absolute atomic E-state index is 0.0141. The predicted octanol–water partition coefficient (Wildman–Crippen LogP) is 1.89. The smallest absolute Gasteiger partial charge is 0.237 e. The molecule has 1 saturated heterocycles. The van der Waals surface area contributed by atoms with Crippen molar-refractivity contribution in [2.75, 3.05) is 13.1 Å². The highest BCUT2D eigenvalue weighted by molar-refractivity contribution is 5.86. The molecule has 3 N–H and O–H groups in total. The summed E-state index contributed by atoms with van der Waals surface area (Å²) in [6.45, 7) is 3.76. The van der Waals surface area contributed by atoms with Crippen LogP contribution < -0.4 is 10.6 Å². The molecule has 1 fully saturated rings. The molecule has 3 rings (SSSR count). The first-order valence-corrected chi connectivity index (χ1v) is 7.32. The van der Waals surface area contributed by atoms with Gasteiger partial charge in [-0.05, 0) is 43.9 Å². The zero-order valence-corrected chi connectivity index (χ0v) is 11.8. The quantitative estimate of drug-likeness (QED) is 0.795. The first-order chi connectivity index (χ1) is 9.75. The van der Waals surface area contributed by atoms with Gasteiger partial charge in [0.2, 0.25) is 5.91 Å². The largest absolute Gasteiger partial charge is 0.361 e. The second kappa shape index (κ2) is 5.67. The van der Waals surface area contributed by atoms with Crippen molar-refractivity contribution < 1.29 is 4.79 Å². The van der Waals surface area contributed by atoms with Crippen LogP contribution >= 0.6 is 0 Å². The van der Waals surface area contributed by atoms with Gasteiger partial charge in [0, 0.05) is 23.6 Å². The summed E-state index contributed by atoms with van der Waals surface area (Å²) >= 11 is 0. The highest BCUT2D eigenvalue weighted by Crippen LogP contribution is 2.21. The average Bonchev–Trinajstić information content (AvgIpc) is 3.09. The summed E-state index contributed by atoms with van der Waals surface area (Å²) in [5.41, 5.74) is 3.72. The van der Waals surface area contributed by atoms with E-state index >= 15 is 0 Å². The van der Waals surface area contributed by atoms with Gasteiger partial charge < -0.3 is 15.6 Å². The van der Waals surface area contributed by atoms with E-state index in [0.717, 1.165) is 25.8 Å². The lowest BCUT2D eigenvalue weighted by molar-refractivity contribution is -0.122. The molecule has 1 aromatic carbocycles. The Morgan fingerprint density at radius 2 is 2.35 bits per heavy atom. The maximum Gasteiger partial charge on any atom is 0.237 e. The zero-order chi connectivity index (χ0) is 13.9. The molecule has 1 atom stereocenters. The number of rotatable bonds is 4. The highest BCUT2D eigenvalue weighted by Gasteiger charge is 2.21. The van der Waals surface area contributed by atoms with Crippen LogP contribution in [0.3, 0.4) is 0 Å². The first-order valence-electron chi connectivity index (χ1n) is 7.32. The van der Waals surface area contributed by atoms with Crippen molar-refractivity contribution in [2.24, 2.45) is 0 Å². The van der Waals surface area contributed by atoms with E-state index in [0.29, 0.717) is 6.54 Å². The van der Waals surface area contributed by atoms with Crippen LogP contribution in [-0.4, -0.2) is 30.0 Å². The topological polar surface area (TPSA) is 56.9 Å². The Morgan fingerprint density at radius 1 is 1.45 bits per heavy atom. The van der Waals surface area contributed by atoms with Gasteiger partial charge in [-0.3, -0.25) is 4.79 Å². The Hall–Kier alpha value is -1.81. The molecule has 4 heteroatoms. The van der Waals surface area contributed by atoms with Crippen LogP contribution in [0.1, 0.15) is 24.0 Å². The molecule has 2 heterocycles. The van der Waals surface area contributed by atoms with Crippen LogP contribution in [0.5, 0.6) is 0 Å². The van der Waals surface area contributed by atoms with Crippen molar-refractivity contribution >= 4 is 16.8 Å². The van der Waals surface area contributed by atoms with Gasteiger partial charge in [0.1, 0.15) is 0 Å². The monoisotopic (exact) mass is 271 g/mol. The fraction of sp³-hybridized carbons (Fsp3) is 0.438. The number of aromatic amines is 1. The molecule has 0 spiro atoms. The summed E-state index contributed by atoms with van der Waals surface area (Å²) in [5, 5.41) is 7.51. The van der Waals surface area contributed by atoms with Crippen LogP contribution in [0, 0.1) is 6.92 Å². The third kappa shape index (κ3) is 2.56. The normalized spacial score (nSPS) is 18.6. The van der Waals surface area contributed by atoms with Gasteiger partial charge in [0.05, 0.1) is 6.04 Å². The number of hydrogen-bond donors (Lipinski definition) is 3. The second-order valence-electron chi connectivity index (χ2n) is 5.50. The maximum absolute atomic E-state index is 11.9. The number of para-hydroxylation sites is 1. The molecule has 0 radical (unpaired) electrons. The van der Waals surface area contributed by atoms with E-state index < -0.39 is 0 Å². The molecule has 1 amide bonds. The van der Waals surface area contributed by atoms with Gasteiger partial charge in [0.25, 0.3) is 0 Å². The summed E-state index contributed by atoms with van der Waals surface area (Å²) in [7, 11) is 0. The van der Waals surface area contributed by atoms with Gasteiger partial charge in [0.15, 0.2) is 0 Å². The van der Waals surface area contributed by atoms with Crippen molar-refractivity contribution in [2.45, 2.75) is 32.2 Å². The van der Waals surface area contributed by atoms with Crippen LogP contribution in [0.4, 0.5) is 0 Å². The molecule has 1 aliphatic heterocycles. The summed E-state index contributed by atoms with van der Waals surface area (Å²) in [6.07, 6.45) is 4.97. The number of nitrogens with one attached hydrogen (secondary N) is 3. The minimum atomic E-state index is 0.0141. The number of amides is 1. The van der Waals surface area contributed by atoms with E-state index in [9.17, 15) is 4.79 Å². The maximum atomic E-state index is 11.9. The van der Waals surface area contributed by atoms with Crippen LogP contribution in [0.2, 0.25) is 0 Å². The Morgan fingerprint density at radius 3 is 3.15 bits per heavy atom. The molecule has 0 bridgehead atoms. The van der Waals surface area contributed by atoms with E-state index in [2.05, 4.69) is 46.9 Å². The van der Waals surface area contributed by atoms with Crippen LogP contribution in [0.25, 0.3) is 10.9 Å². The third-order valence-corrected chi connectivity index (χ3v) is 4.08. The van der Waals surface area contributed by atoms with Gasteiger partial charge in [-0.1, -0.05) is 18.2 Å². The molecule has 1 unspecified atom stereocenters. The number of carbonyl (C=O) groups is 1. The predicted molar refractivity (Wildman–Crippen MR) is 80.8 cm³/mol. The number of H-pyrrole nitrogens is 1. The fourth-order valence-corrected chi connectivity index (χ4v) is 2.92. The minimum Gasteiger partial charge on any atom is -0.361 e. The summed E-state index contributed by atoms with van der Waals surface area (Å²) < 4.78 is 0. The number of benzene rings is 1.